The third kappa shape index (κ3) is 2.23. The molecule has 1 aromatic heterocycles. The number of anilines is 3. The van der Waals surface area contributed by atoms with Crippen LogP contribution in [0.4, 0.5) is 17.2 Å². The van der Waals surface area contributed by atoms with Gasteiger partial charge in [0.1, 0.15) is 11.9 Å². The van der Waals surface area contributed by atoms with E-state index in [1.54, 1.807) is 0 Å². The standard InChI is InChI=1S/C15H14N4/c16-9-11-7-10-3-1-6-14(10)19-15(11)18-13-5-2-4-12(17)8-13/h2,4-5,7-8H,1,3,6,17H2,(H,18,19). The predicted molar refractivity (Wildman–Crippen MR) is 75.1 cm³/mol. The van der Waals surface area contributed by atoms with Crippen LogP contribution in [0.3, 0.4) is 0 Å². The number of rotatable bonds is 2. The summed E-state index contributed by atoms with van der Waals surface area (Å²) in [5.74, 6) is 0.619. The van der Waals surface area contributed by atoms with Gasteiger partial charge in [-0.25, -0.2) is 4.98 Å². The zero-order valence-corrected chi connectivity index (χ0v) is 10.5. The Balaban J connectivity index is 1.99. The molecule has 0 atom stereocenters. The van der Waals surface area contributed by atoms with E-state index in [1.807, 2.05) is 30.3 Å². The number of benzene rings is 1. The molecule has 1 heterocycles. The third-order valence-corrected chi connectivity index (χ3v) is 3.32. The van der Waals surface area contributed by atoms with E-state index in [4.69, 9.17) is 5.73 Å². The predicted octanol–water partition coefficient (Wildman–Crippen LogP) is 2.77. The van der Waals surface area contributed by atoms with E-state index in [2.05, 4.69) is 16.4 Å². The van der Waals surface area contributed by atoms with Gasteiger partial charge in [0.05, 0.1) is 5.56 Å². The maximum atomic E-state index is 9.23. The fourth-order valence-electron chi connectivity index (χ4n) is 2.41. The van der Waals surface area contributed by atoms with Crippen molar-refractivity contribution in [2.45, 2.75) is 19.3 Å². The number of nitrogen functional groups attached to an aromatic ring is 1. The van der Waals surface area contributed by atoms with Crippen molar-refractivity contribution in [2.75, 3.05) is 11.1 Å². The van der Waals surface area contributed by atoms with E-state index in [1.165, 1.54) is 5.56 Å². The first-order valence-electron chi connectivity index (χ1n) is 6.32. The van der Waals surface area contributed by atoms with Gasteiger partial charge in [0, 0.05) is 17.1 Å². The van der Waals surface area contributed by atoms with Gasteiger partial charge in [0.2, 0.25) is 0 Å². The van der Waals surface area contributed by atoms with Crippen LogP contribution in [0.1, 0.15) is 23.2 Å². The smallest absolute Gasteiger partial charge is 0.148 e. The Morgan fingerprint density at radius 1 is 1.26 bits per heavy atom. The normalized spacial score (nSPS) is 12.8. The highest BCUT2D eigenvalue weighted by Gasteiger charge is 2.16. The van der Waals surface area contributed by atoms with E-state index in [0.29, 0.717) is 17.1 Å². The Bertz CT molecular complexity index is 670. The molecule has 0 saturated carbocycles. The number of aryl methyl sites for hydroxylation is 2. The summed E-state index contributed by atoms with van der Waals surface area (Å²) in [4.78, 5) is 4.57. The van der Waals surface area contributed by atoms with Crippen LogP contribution in [-0.2, 0) is 12.8 Å². The zero-order chi connectivity index (χ0) is 13.2. The van der Waals surface area contributed by atoms with Gasteiger partial charge in [-0.05, 0) is 49.1 Å². The molecule has 3 N–H and O–H groups in total. The largest absolute Gasteiger partial charge is 0.399 e. The van der Waals surface area contributed by atoms with Crippen molar-refractivity contribution in [3.63, 3.8) is 0 Å². The molecule has 1 aliphatic rings. The van der Waals surface area contributed by atoms with Crippen LogP contribution in [0.15, 0.2) is 30.3 Å². The maximum absolute atomic E-state index is 9.23. The Hall–Kier alpha value is -2.54. The maximum Gasteiger partial charge on any atom is 0.148 e. The van der Waals surface area contributed by atoms with Crippen LogP contribution >= 0.6 is 0 Å². The van der Waals surface area contributed by atoms with Crippen LogP contribution < -0.4 is 11.1 Å². The van der Waals surface area contributed by atoms with Crippen LogP contribution in [-0.4, -0.2) is 4.98 Å². The summed E-state index contributed by atoms with van der Waals surface area (Å²) in [5.41, 5.74) is 10.2. The monoisotopic (exact) mass is 250 g/mol. The van der Waals surface area contributed by atoms with Gasteiger partial charge in [-0.1, -0.05) is 6.07 Å². The summed E-state index contributed by atoms with van der Waals surface area (Å²) < 4.78 is 0. The van der Waals surface area contributed by atoms with Gasteiger partial charge in [0.15, 0.2) is 0 Å². The second-order valence-electron chi connectivity index (χ2n) is 4.71. The molecule has 19 heavy (non-hydrogen) atoms. The zero-order valence-electron chi connectivity index (χ0n) is 10.5. The Morgan fingerprint density at radius 2 is 2.16 bits per heavy atom. The van der Waals surface area contributed by atoms with E-state index in [0.717, 1.165) is 30.6 Å². The molecule has 0 unspecified atom stereocenters. The van der Waals surface area contributed by atoms with Gasteiger partial charge in [-0.15, -0.1) is 0 Å². The van der Waals surface area contributed by atoms with Crippen molar-refractivity contribution in [1.29, 1.82) is 5.26 Å². The van der Waals surface area contributed by atoms with Crippen LogP contribution in [0.5, 0.6) is 0 Å². The fraction of sp³-hybridized carbons (Fsp3) is 0.200. The Kier molecular flexibility index (Phi) is 2.81. The minimum atomic E-state index is 0.586. The highest BCUT2D eigenvalue weighted by Crippen LogP contribution is 2.27. The first-order chi connectivity index (χ1) is 9.26. The lowest BCUT2D eigenvalue weighted by molar-refractivity contribution is 0.900. The van der Waals surface area contributed by atoms with Gasteiger partial charge in [-0.2, -0.15) is 5.26 Å². The second kappa shape index (κ2) is 4.62. The third-order valence-electron chi connectivity index (χ3n) is 3.32. The van der Waals surface area contributed by atoms with Crippen LogP contribution in [0.25, 0.3) is 0 Å². The van der Waals surface area contributed by atoms with Gasteiger partial charge >= 0.3 is 0 Å². The number of hydrogen-bond acceptors (Lipinski definition) is 4. The minimum absolute atomic E-state index is 0.586. The number of aromatic nitrogens is 1. The molecule has 0 saturated heterocycles. The number of nitrogens with two attached hydrogens (primary N) is 1. The second-order valence-corrected chi connectivity index (χ2v) is 4.71. The molecule has 2 aromatic rings. The van der Waals surface area contributed by atoms with Crippen molar-refractivity contribution in [2.24, 2.45) is 0 Å². The lowest BCUT2D eigenvalue weighted by atomic mass is 10.1. The Labute approximate surface area is 111 Å². The summed E-state index contributed by atoms with van der Waals surface area (Å²) in [6, 6.07) is 11.6. The highest BCUT2D eigenvalue weighted by atomic mass is 15.0. The summed E-state index contributed by atoms with van der Waals surface area (Å²) in [6.45, 7) is 0. The topological polar surface area (TPSA) is 74.7 Å². The van der Waals surface area contributed by atoms with E-state index < -0.39 is 0 Å². The van der Waals surface area contributed by atoms with Gasteiger partial charge in [0.25, 0.3) is 0 Å². The minimum Gasteiger partial charge on any atom is -0.399 e. The van der Waals surface area contributed by atoms with Crippen molar-refractivity contribution in [3.8, 4) is 6.07 Å². The molecule has 0 radical (unpaired) electrons. The fourth-order valence-corrected chi connectivity index (χ4v) is 2.41. The first kappa shape index (κ1) is 11.5. The molecule has 94 valence electrons. The van der Waals surface area contributed by atoms with E-state index in [9.17, 15) is 5.26 Å². The van der Waals surface area contributed by atoms with Crippen molar-refractivity contribution in [3.05, 3.63) is 47.2 Å². The number of nitriles is 1. The summed E-state index contributed by atoms with van der Waals surface area (Å²) in [5, 5.41) is 12.4. The van der Waals surface area contributed by atoms with Gasteiger partial charge in [-0.3, -0.25) is 0 Å². The van der Waals surface area contributed by atoms with Crippen molar-refractivity contribution in [1.82, 2.24) is 4.98 Å². The molecular formula is C15H14N4. The Morgan fingerprint density at radius 3 is 2.95 bits per heavy atom. The summed E-state index contributed by atoms with van der Waals surface area (Å²) >= 11 is 0. The van der Waals surface area contributed by atoms with Crippen LogP contribution in [0.2, 0.25) is 0 Å². The molecule has 3 rings (SSSR count). The molecule has 1 aliphatic carbocycles. The van der Waals surface area contributed by atoms with E-state index in [-0.39, 0.29) is 0 Å². The molecule has 4 nitrogen and oxygen atoms in total. The average Bonchev–Trinajstić information content (AvgIpc) is 2.85. The number of hydrogen-bond donors (Lipinski definition) is 2. The molecule has 0 fully saturated rings. The van der Waals surface area contributed by atoms with Crippen molar-refractivity contribution >= 4 is 17.2 Å². The number of nitrogens with one attached hydrogen (secondary N) is 1. The molecule has 1 aromatic carbocycles. The number of nitrogens with zero attached hydrogens (tertiary/aromatic N) is 2. The lowest BCUT2D eigenvalue weighted by Crippen LogP contribution is -2.01. The average molecular weight is 250 g/mol. The lowest BCUT2D eigenvalue weighted by Gasteiger charge is -2.10. The summed E-state index contributed by atoms with van der Waals surface area (Å²) in [7, 11) is 0. The SMILES string of the molecule is N#Cc1cc2c(nc1Nc1cccc(N)c1)CCC2. The van der Waals surface area contributed by atoms with E-state index >= 15 is 0 Å². The molecule has 0 amide bonds. The summed E-state index contributed by atoms with van der Waals surface area (Å²) in [6.07, 6.45) is 3.14. The van der Waals surface area contributed by atoms with Crippen molar-refractivity contribution < 1.29 is 0 Å². The molecule has 0 bridgehead atoms. The highest BCUT2D eigenvalue weighted by molar-refractivity contribution is 5.66. The molecular weight excluding hydrogens is 236 g/mol. The first-order valence-corrected chi connectivity index (χ1v) is 6.32. The van der Waals surface area contributed by atoms with Crippen LogP contribution in [0, 0.1) is 11.3 Å². The van der Waals surface area contributed by atoms with Gasteiger partial charge < -0.3 is 11.1 Å². The molecule has 0 spiro atoms. The molecule has 4 heteroatoms. The molecule has 0 aliphatic heterocycles. The number of pyridine rings is 1. The quantitative estimate of drug-likeness (QED) is 0.804. The number of fused-ring (bicyclic) bond motifs is 1.